The minimum atomic E-state index is 0.423. The largest absolute Gasteiger partial charge is 0.438 e. The highest BCUT2D eigenvalue weighted by Gasteiger charge is 2.11. The molecule has 3 nitrogen and oxygen atoms in total. The third-order valence-electron chi connectivity index (χ3n) is 3.34. The van der Waals surface area contributed by atoms with Crippen molar-refractivity contribution < 1.29 is 4.74 Å². The van der Waals surface area contributed by atoms with Gasteiger partial charge in [-0.1, -0.05) is 45.0 Å². The monoisotopic (exact) mass is 284 g/mol. The predicted octanol–water partition coefficient (Wildman–Crippen LogP) is 4.50. The highest BCUT2D eigenvalue weighted by molar-refractivity contribution is 5.39. The van der Waals surface area contributed by atoms with Crippen LogP contribution in [0.4, 0.5) is 0 Å². The first-order valence-electron chi connectivity index (χ1n) is 7.63. The second-order valence-electron chi connectivity index (χ2n) is 5.44. The van der Waals surface area contributed by atoms with Crippen molar-refractivity contribution in [2.45, 2.75) is 39.7 Å². The summed E-state index contributed by atoms with van der Waals surface area (Å²) in [5.74, 6) is 2.00. The van der Waals surface area contributed by atoms with Crippen molar-refractivity contribution in [3.63, 3.8) is 0 Å². The summed E-state index contributed by atoms with van der Waals surface area (Å²) in [6.45, 7) is 8.28. The van der Waals surface area contributed by atoms with Crippen molar-refractivity contribution in [2.24, 2.45) is 0 Å². The van der Waals surface area contributed by atoms with Crippen molar-refractivity contribution in [1.82, 2.24) is 10.3 Å². The molecular formula is C18H24N2O. The van der Waals surface area contributed by atoms with Crippen LogP contribution in [0.5, 0.6) is 11.6 Å². The molecule has 2 rings (SSSR count). The van der Waals surface area contributed by atoms with Crippen LogP contribution >= 0.6 is 0 Å². The number of nitrogens with one attached hydrogen (secondary N) is 1. The lowest BCUT2D eigenvalue weighted by Crippen LogP contribution is -2.14. The maximum Gasteiger partial charge on any atom is 0.223 e. The van der Waals surface area contributed by atoms with E-state index in [4.69, 9.17) is 4.74 Å². The Balaban J connectivity index is 2.20. The Morgan fingerprint density at radius 1 is 1.14 bits per heavy atom. The number of nitrogens with zero attached hydrogens (tertiary/aromatic N) is 1. The molecule has 0 amide bonds. The van der Waals surface area contributed by atoms with E-state index in [0.29, 0.717) is 11.8 Å². The van der Waals surface area contributed by atoms with Crippen molar-refractivity contribution >= 4 is 0 Å². The lowest BCUT2D eigenvalue weighted by molar-refractivity contribution is 0.445. The Hall–Kier alpha value is -1.87. The van der Waals surface area contributed by atoms with Gasteiger partial charge < -0.3 is 10.1 Å². The normalized spacial score (nSPS) is 10.9. The van der Waals surface area contributed by atoms with Crippen LogP contribution in [0.2, 0.25) is 0 Å². The molecule has 0 atom stereocenters. The molecule has 0 unspecified atom stereocenters. The molecule has 1 N–H and O–H groups in total. The van der Waals surface area contributed by atoms with Gasteiger partial charge in [0.1, 0.15) is 5.75 Å². The molecule has 2 aromatic rings. The van der Waals surface area contributed by atoms with Gasteiger partial charge >= 0.3 is 0 Å². The van der Waals surface area contributed by atoms with E-state index >= 15 is 0 Å². The van der Waals surface area contributed by atoms with E-state index in [1.54, 1.807) is 6.20 Å². The van der Waals surface area contributed by atoms with Crippen LogP contribution in [0.3, 0.4) is 0 Å². The zero-order valence-electron chi connectivity index (χ0n) is 13.1. The summed E-state index contributed by atoms with van der Waals surface area (Å²) in [4.78, 5) is 4.39. The van der Waals surface area contributed by atoms with Gasteiger partial charge in [0, 0.05) is 18.3 Å². The van der Waals surface area contributed by atoms with E-state index in [-0.39, 0.29) is 0 Å². The van der Waals surface area contributed by atoms with Crippen LogP contribution in [-0.2, 0) is 6.54 Å². The van der Waals surface area contributed by atoms with E-state index in [9.17, 15) is 0 Å². The van der Waals surface area contributed by atoms with Gasteiger partial charge in [-0.25, -0.2) is 4.98 Å². The Morgan fingerprint density at radius 2 is 1.95 bits per heavy atom. The van der Waals surface area contributed by atoms with Gasteiger partial charge in [-0.15, -0.1) is 0 Å². The first kappa shape index (κ1) is 15.5. The fourth-order valence-electron chi connectivity index (χ4n) is 2.20. The molecule has 0 radical (unpaired) electrons. The Bertz CT molecular complexity index is 567. The third kappa shape index (κ3) is 4.30. The zero-order valence-corrected chi connectivity index (χ0v) is 13.1. The van der Waals surface area contributed by atoms with E-state index in [1.165, 1.54) is 5.56 Å². The molecule has 0 saturated heterocycles. The predicted molar refractivity (Wildman–Crippen MR) is 86.8 cm³/mol. The maximum absolute atomic E-state index is 6.08. The van der Waals surface area contributed by atoms with Crippen molar-refractivity contribution in [1.29, 1.82) is 0 Å². The quantitative estimate of drug-likeness (QED) is 0.760. The lowest BCUT2D eigenvalue weighted by atomic mass is 10.0. The van der Waals surface area contributed by atoms with Crippen LogP contribution in [-0.4, -0.2) is 11.5 Å². The third-order valence-corrected chi connectivity index (χ3v) is 3.34. The molecule has 0 aliphatic heterocycles. The molecule has 1 heterocycles. The second kappa shape index (κ2) is 7.79. The number of hydrogen-bond acceptors (Lipinski definition) is 3. The Kier molecular flexibility index (Phi) is 5.76. The molecule has 0 aliphatic rings. The molecule has 0 fully saturated rings. The van der Waals surface area contributed by atoms with Gasteiger partial charge in [0.2, 0.25) is 5.88 Å². The molecule has 0 bridgehead atoms. The molecule has 1 aromatic carbocycles. The van der Waals surface area contributed by atoms with Crippen LogP contribution in [0.15, 0.2) is 42.6 Å². The minimum Gasteiger partial charge on any atom is -0.438 e. The fraction of sp³-hybridized carbons (Fsp3) is 0.389. The summed E-state index contributed by atoms with van der Waals surface area (Å²) in [7, 11) is 0. The Morgan fingerprint density at radius 3 is 2.71 bits per heavy atom. The number of rotatable bonds is 7. The molecular weight excluding hydrogens is 260 g/mol. The lowest BCUT2D eigenvalue weighted by Gasteiger charge is -2.15. The summed E-state index contributed by atoms with van der Waals surface area (Å²) in [5, 5.41) is 3.39. The molecule has 0 spiro atoms. The number of pyridine rings is 1. The maximum atomic E-state index is 6.08. The van der Waals surface area contributed by atoms with Gasteiger partial charge in [0.25, 0.3) is 0 Å². The van der Waals surface area contributed by atoms with Gasteiger partial charge in [-0.3, -0.25) is 0 Å². The molecule has 112 valence electrons. The highest BCUT2D eigenvalue weighted by atomic mass is 16.5. The summed E-state index contributed by atoms with van der Waals surface area (Å²) in [6.07, 6.45) is 2.89. The van der Waals surface area contributed by atoms with E-state index < -0.39 is 0 Å². The van der Waals surface area contributed by atoms with Crippen LogP contribution in [0, 0.1) is 0 Å². The topological polar surface area (TPSA) is 34.2 Å². The van der Waals surface area contributed by atoms with E-state index in [2.05, 4.69) is 43.2 Å². The number of aromatic nitrogens is 1. The summed E-state index contributed by atoms with van der Waals surface area (Å²) >= 11 is 0. The number of para-hydroxylation sites is 1. The highest BCUT2D eigenvalue weighted by Crippen LogP contribution is 2.30. The molecule has 1 aromatic heterocycles. The summed E-state index contributed by atoms with van der Waals surface area (Å²) in [5.41, 5.74) is 2.29. The van der Waals surface area contributed by atoms with Crippen LogP contribution in [0.1, 0.15) is 44.2 Å². The first-order chi connectivity index (χ1) is 10.2. The van der Waals surface area contributed by atoms with Crippen molar-refractivity contribution in [2.75, 3.05) is 6.54 Å². The second-order valence-corrected chi connectivity index (χ2v) is 5.44. The van der Waals surface area contributed by atoms with E-state index in [1.807, 2.05) is 24.3 Å². The molecule has 21 heavy (non-hydrogen) atoms. The van der Waals surface area contributed by atoms with Gasteiger partial charge in [-0.2, -0.15) is 0 Å². The van der Waals surface area contributed by atoms with E-state index in [0.717, 1.165) is 30.8 Å². The van der Waals surface area contributed by atoms with Gasteiger partial charge in [0.15, 0.2) is 0 Å². The van der Waals surface area contributed by atoms with Crippen molar-refractivity contribution in [3.05, 3.63) is 53.7 Å². The summed E-state index contributed by atoms with van der Waals surface area (Å²) < 4.78 is 6.08. The average Bonchev–Trinajstić information content (AvgIpc) is 2.49. The van der Waals surface area contributed by atoms with Crippen LogP contribution < -0.4 is 10.1 Å². The van der Waals surface area contributed by atoms with Crippen LogP contribution in [0.25, 0.3) is 0 Å². The average molecular weight is 284 g/mol. The Labute approximate surface area is 127 Å². The fourth-order valence-corrected chi connectivity index (χ4v) is 2.20. The standard InChI is InChI=1S/C18H24N2O/c1-4-11-19-13-15-8-7-12-20-18(15)21-17-10-6-5-9-16(17)14(2)3/h5-10,12,14,19H,4,11,13H2,1-3H3. The van der Waals surface area contributed by atoms with Gasteiger partial charge in [0.05, 0.1) is 0 Å². The smallest absolute Gasteiger partial charge is 0.223 e. The number of benzene rings is 1. The molecule has 0 saturated carbocycles. The summed E-state index contributed by atoms with van der Waals surface area (Å²) in [6, 6.07) is 12.2. The molecule has 3 heteroatoms. The minimum absolute atomic E-state index is 0.423. The number of hydrogen-bond donors (Lipinski definition) is 1. The molecule has 0 aliphatic carbocycles. The SMILES string of the molecule is CCCNCc1cccnc1Oc1ccccc1C(C)C. The van der Waals surface area contributed by atoms with Crippen molar-refractivity contribution in [3.8, 4) is 11.6 Å². The zero-order chi connectivity index (χ0) is 15.1. The van der Waals surface area contributed by atoms with Gasteiger partial charge in [-0.05, 0) is 36.6 Å². The first-order valence-corrected chi connectivity index (χ1v) is 7.63. The number of ether oxygens (including phenoxy) is 1.